The summed E-state index contributed by atoms with van der Waals surface area (Å²) in [7, 11) is 1.83. The van der Waals surface area contributed by atoms with Crippen LogP contribution in [0.5, 0.6) is 0 Å². The van der Waals surface area contributed by atoms with Crippen molar-refractivity contribution in [1.29, 1.82) is 0 Å². The molecule has 1 aliphatic heterocycles. The van der Waals surface area contributed by atoms with Gasteiger partial charge in [-0.3, -0.25) is 0 Å². The Labute approximate surface area is 94.0 Å². The Hall–Kier alpha value is -0.120. The molecule has 1 aliphatic rings. The van der Waals surface area contributed by atoms with Gasteiger partial charge in [0.25, 0.3) is 0 Å². The minimum atomic E-state index is 0.0736. The largest absolute Gasteiger partial charge is 0.377 e. The van der Waals surface area contributed by atoms with Gasteiger partial charge in [0.15, 0.2) is 0 Å². The monoisotopic (exact) mass is 214 g/mol. The first-order valence-electron chi connectivity index (χ1n) is 6.07. The van der Waals surface area contributed by atoms with E-state index in [4.69, 9.17) is 10.5 Å². The van der Waals surface area contributed by atoms with Gasteiger partial charge < -0.3 is 15.4 Å². The second-order valence-corrected chi connectivity index (χ2v) is 5.16. The van der Waals surface area contributed by atoms with Crippen molar-refractivity contribution in [3.05, 3.63) is 0 Å². The predicted molar refractivity (Wildman–Crippen MR) is 63.9 cm³/mol. The van der Waals surface area contributed by atoms with Gasteiger partial charge in [-0.15, -0.1) is 0 Å². The first-order chi connectivity index (χ1) is 7.09. The highest BCUT2D eigenvalue weighted by atomic mass is 16.5. The first kappa shape index (κ1) is 12.9. The summed E-state index contributed by atoms with van der Waals surface area (Å²) in [6.45, 7) is 8.69. The van der Waals surface area contributed by atoms with E-state index in [1.54, 1.807) is 0 Å². The lowest BCUT2D eigenvalue weighted by Gasteiger charge is -2.39. The zero-order valence-corrected chi connectivity index (χ0v) is 10.5. The van der Waals surface area contributed by atoms with Crippen LogP contribution in [-0.2, 0) is 4.74 Å². The summed E-state index contributed by atoms with van der Waals surface area (Å²) in [4.78, 5) is 2.51. The molecule has 0 aromatic rings. The highest BCUT2D eigenvalue weighted by molar-refractivity contribution is 4.84. The van der Waals surface area contributed by atoms with Crippen molar-refractivity contribution in [3.63, 3.8) is 0 Å². The molecule has 2 unspecified atom stereocenters. The van der Waals surface area contributed by atoms with Gasteiger partial charge in [-0.05, 0) is 51.7 Å². The summed E-state index contributed by atoms with van der Waals surface area (Å²) < 4.78 is 5.58. The van der Waals surface area contributed by atoms with Gasteiger partial charge in [0.1, 0.15) is 0 Å². The van der Waals surface area contributed by atoms with Crippen molar-refractivity contribution < 1.29 is 4.74 Å². The topological polar surface area (TPSA) is 38.5 Å². The molecular formula is C12H26N2O. The van der Waals surface area contributed by atoms with E-state index in [0.29, 0.717) is 5.92 Å². The van der Waals surface area contributed by atoms with Gasteiger partial charge in [-0.25, -0.2) is 0 Å². The van der Waals surface area contributed by atoms with E-state index in [1.165, 1.54) is 25.8 Å². The Kier molecular flexibility index (Phi) is 5.03. The second-order valence-electron chi connectivity index (χ2n) is 5.16. The Morgan fingerprint density at radius 1 is 1.53 bits per heavy atom. The van der Waals surface area contributed by atoms with Gasteiger partial charge in [0.05, 0.1) is 5.60 Å². The van der Waals surface area contributed by atoms with Crippen LogP contribution in [0.3, 0.4) is 0 Å². The third kappa shape index (κ3) is 4.09. The van der Waals surface area contributed by atoms with Crippen LogP contribution < -0.4 is 5.73 Å². The summed E-state index contributed by atoms with van der Waals surface area (Å²) >= 11 is 0. The van der Waals surface area contributed by atoms with Crippen molar-refractivity contribution in [2.24, 2.45) is 11.7 Å². The summed E-state index contributed by atoms with van der Waals surface area (Å²) in [5, 5.41) is 0. The van der Waals surface area contributed by atoms with E-state index in [-0.39, 0.29) is 5.60 Å². The normalized spacial score (nSPS) is 30.4. The van der Waals surface area contributed by atoms with E-state index >= 15 is 0 Å². The van der Waals surface area contributed by atoms with E-state index in [1.807, 2.05) is 7.11 Å². The Balaban J connectivity index is 2.30. The number of piperidine rings is 1. The van der Waals surface area contributed by atoms with Gasteiger partial charge in [-0.2, -0.15) is 0 Å². The molecule has 1 saturated heterocycles. The van der Waals surface area contributed by atoms with Crippen molar-refractivity contribution >= 4 is 0 Å². The third-order valence-electron chi connectivity index (χ3n) is 3.57. The second kappa shape index (κ2) is 5.83. The standard InChI is InChI=1S/C12H26N2O/c1-11(9-13)5-8-14-7-4-6-12(2,10-14)15-3/h11H,4-10,13H2,1-3H3. The molecule has 0 aliphatic carbocycles. The lowest BCUT2D eigenvalue weighted by molar-refractivity contribution is -0.0513. The Morgan fingerprint density at radius 2 is 2.27 bits per heavy atom. The minimum absolute atomic E-state index is 0.0736. The maximum absolute atomic E-state index is 5.62. The molecule has 3 nitrogen and oxygen atoms in total. The zero-order valence-electron chi connectivity index (χ0n) is 10.5. The Morgan fingerprint density at radius 3 is 2.87 bits per heavy atom. The summed E-state index contributed by atoms with van der Waals surface area (Å²) in [6, 6.07) is 0. The summed E-state index contributed by atoms with van der Waals surface area (Å²) in [6.07, 6.45) is 3.64. The number of hydrogen-bond acceptors (Lipinski definition) is 3. The van der Waals surface area contributed by atoms with Crippen LogP contribution in [0.1, 0.15) is 33.1 Å². The fourth-order valence-electron chi connectivity index (χ4n) is 2.19. The number of rotatable bonds is 5. The number of methoxy groups -OCH3 is 1. The van der Waals surface area contributed by atoms with Gasteiger partial charge in [0.2, 0.25) is 0 Å². The van der Waals surface area contributed by atoms with Crippen LogP contribution in [0.2, 0.25) is 0 Å². The van der Waals surface area contributed by atoms with E-state index in [9.17, 15) is 0 Å². The van der Waals surface area contributed by atoms with Crippen LogP contribution >= 0.6 is 0 Å². The number of nitrogens with two attached hydrogens (primary N) is 1. The van der Waals surface area contributed by atoms with Gasteiger partial charge in [-0.1, -0.05) is 6.92 Å². The van der Waals surface area contributed by atoms with Crippen LogP contribution in [0.25, 0.3) is 0 Å². The van der Waals surface area contributed by atoms with Crippen LogP contribution in [-0.4, -0.2) is 43.8 Å². The lowest BCUT2D eigenvalue weighted by Crippen LogP contribution is -2.47. The van der Waals surface area contributed by atoms with Gasteiger partial charge in [0, 0.05) is 13.7 Å². The van der Waals surface area contributed by atoms with E-state index in [2.05, 4.69) is 18.7 Å². The zero-order chi connectivity index (χ0) is 11.3. The first-order valence-corrected chi connectivity index (χ1v) is 6.07. The molecule has 1 rings (SSSR count). The molecule has 0 aromatic heterocycles. The fourth-order valence-corrected chi connectivity index (χ4v) is 2.19. The third-order valence-corrected chi connectivity index (χ3v) is 3.57. The molecule has 0 spiro atoms. The highest BCUT2D eigenvalue weighted by Gasteiger charge is 2.30. The molecule has 15 heavy (non-hydrogen) atoms. The number of hydrogen-bond donors (Lipinski definition) is 1. The van der Waals surface area contributed by atoms with E-state index < -0.39 is 0 Å². The molecule has 1 heterocycles. The number of ether oxygens (including phenoxy) is 1. The van der Waals surface area contributed by atoms with Gasteiger partial charge >= 0.3 is 0 Å². The molecule has 2 N–H and O–H groups in total. The van der Waals surface area contributed by atoms with Crippen molar-refractivity contribution in [2.75, 3.05) is 33.3 Å². The minimum Gasteiger partial charge on any atom is -0.377 e. The molecule has 2 atom stereocenters. The van der Waals surface area contributed by atoms with Crippen molar-refractivity contribution in [3.8, 4) is 0 Å². The molecule has 3 heteroatoms. The molecule has 0 saturated carbocycles. The van der Waals surface area contributed by atoms with Crippen LogP contribution in [0.4, 0.5) is 0 Å². The maximum Gasteiger partial charge on any atom is 0.0777 e. The SMILES string of the molecule is COC1(C)CCCN(CCC(C)CN)C1. The molecule has 0 bridgehead atoms. The average molecular weight is 214 g/mol. The van der Waals surface area contributed by atoms with Crippen LogP contribution in [0.15, 0.2) is 0 Å². The van der Waals surface area contributed by atoms with Crippen molar-refractivity contribution in [1.82, 2.24) is 4.90 Å². The predicted octanol–water partition coefficient (Wildman–Crippen LogP) is 1.47. The molecule has 1 fully saturated rings. The van der Waals surface area contributed by atoms with E-state index in [0.717, 1.165) is 19.6 Å². The maximum atomic E-state index is 5.62. The number of likely N-dealkylation sites (tertiary alicyclic amines) is 1. The van der Waals surface area contributed by atoms with Crippen LogP contribution in [0, 0.1) is 5.92 Å². The fraction of sp³-hybridized carbons (Fsp3) is 1.00. The molecular weight excluding hydrogens is 188 g/mol. The lowest BCUT2D eigenvalue weighted by atomic mass is 9.94. The number of nitrogens with zero attached hydrogens (tertiary/aromatic N) is 1. The van der Waals surface area contributed by atoms with Crippen molar-refractivity contribution in [2.45, 2.75) is 38.7 Å². The smallest absolute Gasteiger partial charge is 0.0777 e. The molecule has 90 valence electrons. The molecule has 0 aromatic carbocycles. The molecule has 0 amide bonds. The summed E-state index contributed by atoms with van der Waals surface area (Å²) in [5.74, 6) is 0.640. The summed E-state index contributed by atoms with van der Waals surface area (Å²) in [5.41, 5.74) is 5.70. The quantitative estimate of drug-likeness (QED) is 0.753. The average Bonchev–Trinajstić information content (AvgIpc) is 2.26. The highest BCUT2D eigenvalue weighted by Crippen LogP contribution is 2.24. The Bertz CT molecular complexity index is 186. The molecule has 0 radical (unpaired) electrons.